The Morgan fingerprint density at radius 1 is 1.58 bits per heavy atom. The molecule has 1 atom stereocenters. The molecule has 0 fully saturated rings. The fourth-order valence-corrected chi connectivity index (χ4v) is 0.609. The Morgan fingerprint density at radius 2 is 1.92 bits per heavy atom. The van der Waals surface area contributed by atoms with Crippen LogP contribution in [-0.4, -0.2) is 17.1 Å². The Hall–Kier alpha value is 0.558. The molecular weight excluding hydrogens is 278 g/mol. The summed E-state index contributed by atoms with van der Waals surface area (Å²) in [4.78, 5) is 10.1. The number of nitrogens with two attached hydrogens (primary N) is 1. The number of hydrogen-bond donors (Lipinski definition) is 2. The Labute approximate surface area is 88.1 Å². The second-order valence-electron chi connectivity index (χ2n) is 2.64. The fourth-order valence-electron chi connectivity index (χ4n) is 0.609. The summed E-state index contributed by atoms with van der Waals surface area (Å²) >= 11 is -0.363. The number of carboxylic acid groups (broad SMARTS) is 1. The van der Waals surface area contributed by atoms with E-state index in [-0.39, 0.29) is 14.9 Å². The van der Waals surface area contributed by atoms with Crippen molar-refractivity contribution in [1.29, 1.82) is 0 Å². The Morgan fingerprint density at radius 3 is 2.00 bits per heavy atom. The molecule has 0 radical (unpaired) electrons. The van der Waals surface area contributed by atoms with E-state index in [0.717, 1.165) is 0 Å². The first kappa shape index (κ1) is 15.0. The van der Waals surface area contributed by atoms with Gasteiger partial charge in [0.25, 0.3) is 0 Å². The minimum absolute atomic E-state index is 0.357. The summed E-state index contributed by atoms with van der Waals surface area (Å²) in [5, 5.41) is 8.31. The summed E-state index contributed by atoms with van der Waals surface area (Å²) in [6.45, 7) is 3.89. The van der Waals surface area contributed by atoms with Crippen LogP contribution in [0.4, 0.5) is 0 Å². The molecule has 6 heteroatoms. The van der Waals surface area contributed by atoms with Gasteiger partial charge in [-0.25, -0.2) is 0 Å². The molecule has 1 unspecified atom stereocenters. The number of aliphatic carboxylic acids is 1. The molecule has 0 aliphatic carbocycles. The van der Waals surface area contributed by atoms with Crippen LogP contribution >= 0.6 is 19.6 Å². The van der Waals surface area contributed by atoms with Gasteiger partial charge in [-0.1, -0.05) is 13.8 Å². The molecule has 0 amide bonds. The third-order valence-electron chi connectivity index (χ3n) is 1.04. The summed E-state index contributed by atoms with van der Waals surface area (Å²) in [5.74, 6) is -0.556. The maximum atomic E-state index is 10.1. The van der Waals surface area contributed by atoms with E-state index in [4.69, 9.17) is 10.8 Å². The van der Waals surface area contributed by atoms with Gasteiger partial charge in [-0.3, -0.25) is 4.79 Å². The summed E-state index contributed by atoms with van der Waals surface area (Å²) in [6, 6.07) is -0.690. The van der Waals surface area contributed by atoms with Gasteiger partial charge >= 0.3 is 40.5 Å². The van der Waals surface area contributed by atoms with Crippen molar-refractivity contribution in [3.63, 3.8) is 0 Å². The van der Waals surface area contributed by atoms with Crippen molar-refractivity contribution in [1.82, 2.24) is 0 Å². The molecule has 0 aromatic carbocycles. The molecule has 0 spiro atoms. The molecule has 3 nitrogen and oxygen atoms in total. The van der Waals surface area contributed by atoms with Gasteiger partial charge in [-0.2, -0.15) is 0 Å². The maximum absolute atomic E-state index is 10.1. The molecule has 3 N–H and O–H groups in total. The van der Waals surface area contributed by atoms with Crippen molar-refractivity contribution in [2.75, 3.05) is 0 Å². The molecule has 0 aromatic rings. The second-order valence-corrected chi connectivity index (χ2v) is 6.20. The third-order valence-corrected chi connectivity index (χ3v) is 1.04. The van der Waals surface area contributed by atoms with Gasteiger partial charge in [0.05, 0.1) is 0 Å². The number of carbonyl (C=O) groups is 1. The zero-order valence-corrected chi connectivity index (χ0v) is 10.7. The monoisotopic (exact) mass is 293 g/mol. The van der Waals surface area contributed by atoms with Gasteiger partial charge in [0, 0.05) is 0 Å². The second kappa shape index (κ2) is 9.64. The first-order chi connectivity index (χ1) is 5.45. The van der Waals surface area contributed by atoms with Crippen LogP contribution in [0.25, 0.3) is 0 Å². The van der Waals surface area contributed by atoms with E-state index in [1.807, 2.05) is 13.8 Å². The molecule has 0 aliphatic rings. The number of carboxylic acids is 1. The first-order valence-electron chi connectivity index (χ1n) is 3.35. The topological polar surface area (TPSA) is 63.3 Å². The Kier molecular flexibility index (Phi) is 12.1. The van der Waals surface area contributed by atoms with Crippen LogP contribution in [0.3, 0.4) is 0 Å². The van der Waals surface area contributed by atoms with Gasteiger partial charge in [0.2, 0.25) is 0 Å². The van der Waals surface area contributed by atoms with Gasteiger partial charge in [-0.05, 0) is 12.3 Å². The van der Waals surface area contributed by atoms with Crippen molar-refractivity contribution < 1.29 is 24.8 Å². The van der Waals surface area contributed by atoms with Crippen molar-refractivity contribution in [2.24, 2.45) is 11.7 Å². The zero-order chi connectivity index (χ0) is 10.1. The molecule has 72 valence electrons. The number of hydrogen-bond acceptors (Lipinski definition) is 4. The quantitative estimate of drug-likeness (QED) is 0.775. The van der Waals surface area contributed by atoms with Crippen molar-refractivity contribution >= 4 is 25.6 Å². The first-order valence-corrected chi connectivity index (χ1v) is 8.94. The SMILES string of the molecule is CC(C)CC(N)C(=O)O.[S]=[Mo]=[S]. The molecule has 0 aliphatic heterocycles. The summed E-state index contributed by atoms with van der Waals surface area (Å²) in [7, 11) is 8.68. The predicted octanol–water partition coefficient (Wildman–Crippen LogP) is 1.74. The van der Waals surface area contributed by atoms with Gasteiger partial charge in [-0.15, -0.1) is 0 Å². The van der Waals surface area contributed by atoms with Crippen molar-refractivity contribution in [2.45, 2.75) is 26.3 Å². The third kappa shape index (κ3) is 13.2. The average Bonchev–Trinajstić information content (AvgIpc) is 1.87. The predicted molar refractivity (Wildman–Crippen MR) is 50.2 cm³/mol. The van der Waals surface area contributed by atoms with Crippen molar-refractivity contribution in [3.8, 4) is 0 Å². The zero-order valence-electron chi connectivity index (χ0n) is 7.02. The molecular formula is C6H13MoNO2S2. The van der Waals surface area contributed by atoms with Crippen LogP contribution in [0.2, 0.25) is 0 Å². The summed E-state index contributed by atoms with van der Waals surface area (Å²) in [5.41, 5.74) is 5.22. The van der Waals surface area contributed by atoms with Gasteiger partial charge < -0.3 is 10.8 Å². The molecule has 0 rings (SSSR count). The summed E-state index contributed by atoms with van der Waals surface area (Å²) < 4.78 is 0. The molecule has 0 saturated heterocycles. The van der Waals surface area contributed by atoms with Crippen LogP contribution < -0.4 is 5.73 Å². The Bertz CT molecular complexity index is 169. The average molecular weight is 291 g/mol. The van der Waals surface area contributed by atoms with E-state index < -0.39 is 12.0 Å². The Balaban J connectivity index is 0. The number of rotatable bonds is 3. The fraction of sp³-hybridized carbons (Fsp3) is 0.833. The molecule has 0 bridgehead atoms. The molecule has 12 heavy (non-hydrogen) atoms. The van der Waals surface area contributed by atoms with Crippen LogP contribution in [0.5, 0.6) is 0 Å². The van der Waals surface area contributed by atoms with E-state index in [1.165, 1.54) is 0 Å². The van der Waals surface area contributed by atoms with Crippen LogP contribution in [-0.2, 0) is 19.7 Å². The summed E-state index contributed by atoms with van der Waals surface area (Å²) in [6.07, 6.45) is 0.551. The molecule has 0 heterocycles. The van der Waals surface area contributed by atoms with E-state index in [0.29, 0.717) is 12.3 Å². The molecule has 0 saturated carbocycles. The van der Waals surface area contributed by atoms with E-state index in [1.54, 1.807) is 0 Å². The van der Waals surface area contributed by atoms with Crippen LogP contribution in [0.15, 0.2) is 0 Å². The minimum atomic E-state index is -0.913. The normalized spacial score (nSPS) is 11.3. The van der Waals surface area contributed by atoms with Crippen LogP contribution in [0, 0.1) is 5.92 Å². The van der Waals surface area contributed by atoms with Crippen molar-refractivity contribution in [3.05, 3.63) is 0 Å². The van der Waals surface area contributed by atoms with Gasteiger partial charge in [0.15, 0.2) is 0 Å². The van der Waals surface area contributed by atoms with E-state index >= 15 is 0 Å². The van der Waals surface area contributed by atoms with Crippen LogP contribution in [0.1, 0.15) is 20.3 Å². The molecule has 0 aromatic heterocycles. The van der Waals surface area contributed by atoms with Gasteiger partial charge in [0.1, 0.15) is 6.04 Å². The van der Waals surface area contributed by atoms with E-state index in [9.17, 15) is 4.79 Å². The van der Waals surface area contributed by atoms with E-state index in [2.05, 4.69) is 19.6 Å². The standard InChI is InChI=1S/C6H13NO2.Mo.2S/c1-4(2)3-5(7)6(8)9;;;/h4-5H,3,7H2,1-2H3,(H,8,9);;;.